The maximum Gasteiger partial charge on any atom is 0.260 e. The fourth-order valence-corrected chi connectivity index (χ4v) is 5.63. The molecule has 2 aromatic heterocycles. The molecule has 158 valence electrons. The molecular formula is C24H28N2O3S. The van der Waals surface area contributed by atoms with E-state index in [1.54, 1.807) is 23.5 Å². The van der Waals surface area contributed by atoms with Crippen LogP contribution >= 0.6 is 11.3 Å². The molecule has 1 aliphatic rings. The van der Waals surface area contributed by atoms with E-state index in [1.807, 2.05) is 6.07 Å². The van der Waals surface area contributed by atoms with Gasteiger partial charge in [-0.15, -0.1) is 17.9 Å². The molecule has 0 saturated carbocycles. The van der Waals surface area contributed by atoms with E-state index in [1.165, 1.54) is 17.6 Å². The van der Waals surface area contributed by atoms with Crippen LogP contribution in [0.4, 0.5) is 0 Å². The van der Waals surface area contributed by atoms with Crippen molar-refractivity contribution in [1.29, 1.82) is 0 Å². The van der Waals surface area contributed by atoms with Gasteiger partial charge < -0.3 is 14.8 Å². The van der Waals surface area contributed by atoms with Crippen LogP contribution in [0, 0.1) is 11.3 Å². The monoisotopic (exact) mass is 424 g/mol. The number of ether oxygens (including phenoxy) is 1. The Hall–Kier alpha value is -2.60. The second-order valence-corrected chi connectivity index (χ2v) is 10.2. The van der Waals surface area contributed by atoms with Gasteiger partial charge >= 0.3 is 0 Å². The van der Waals surface area contributed by atoms with Gasteiger partial charge in [-0.2, -0.15) is 0 Å². The van der Waals surface area contributed by atoms with Gasteiger partial charge in [-0.1, -0.05) is 26.8 Å². The second kappa shape index (κ2) is 7.58. The third-order valence-electron chi connectivity index (χ3n) is 6.16. The Labute approximate surface area is 180 Å². The molecule has 0 amide bonds. The van der Waals surface area contributed by atoms with Crippen LogP contribution in [-0.4, -0.2) is 22.2 Å². The number of aromatic hydroxyl groups is 1. The van der Waals surface area contributed by atoms with Crippen LogP contribution < -0.4 is 10.3 Å². The van der Waals surface area contributed by atoms with Gasteiger partial charge in [0.15, 0.2) is 11.5 Å². The smallest absolute Gasteiger partial charge is 0.260 e. The minimum atomic E-state index is -0.0981. The topological polar surface area (TPSA) is 75.2 Å². The average Bonchev–Trinajstić information content (AvgIpc) is 3.07. The predicted molar refractivity (Wildman–Crippen MR) is 123 cm³/mol. The number of H-pyrrole nitrogens is 1. The summed E-state index contributed by atoms with van der Waals surface area (Å²) in [6.07, 6.45) is 5.24. The lowest BCUT2D eigenvalue weighted by Crippen LogP contribution is -2.26. The molecular weight excluding hydrogens is 396 g/mol. The van der Waals surface area contributed by atoms with E-state index in [0.29, 0.717) is 35.0 Å². The molecule has 1 atom stereocenters. The Morgan fingerprint density at radius 3 is 2.83 bits per heavy atom. The molecule has 0 radical (unpaired) electrons. The molecule has 1 unspecified atom stereocenters. The zero-order valence-corrected chi connectivity index (χ0v) is 18.8. The number of hydrogen-bond donors (Lipinski definition) is 2. The predicted octanol–water partition coefficient (Wildman–Crippen LogP) is 5.25. The molecule has 2 N–H and O–H groups in total. The molecule has 1 aromatic carbocycles. The summed E-state index contributed by atoms with van der Waals surface area (Å²) in [7, 11) is 1.51. The van der Waals surface area contributed by atoms with Crippen LogP contribution in [0.1, 0.15) is 43.2 Å². The van der Waals surface area contributed by atoms with E-state index in [-0.39, 0.29) is 16.7 Å². The number of nitrogens with zero attached hydrogens (tertiary/aromatic N) is 1. The van der Waals surface area contributed by atoms with Gasteiger partial charge in [-0.25, -0.2) is 4.98 Å². The number of allylic oxidation sites excluding steroid dienone is 1. The molecule has 2 heterocycles. The number of phenols is 1. The molecule has 5 nitrogen and oxygen atoms in total. The highest BCUT2D eigenvalue weighted by molar-refractivity contribution is 7.18. The zero-order chi connectivity index (χ0) is 21.6. The van der Waals surface area contributed by atoms with Gasteiger partial charge in [-0.3, -0.25) is 4.79 Å². The zero-order valence-electron chi connectivity index (χ0n) is 18.0. The Bertz CT molecular complexity index is 1180. The Morgan fingerprint density at radius 1 is 1.40 bits per heavy atom. The fraction of sp³-hybridized carbons (Fsp3) is 0.417. The fourth-order valence-electron chi connectivity index (χ4n) is 4.33. The number of rotatable bonds is 4. The largest absolute Gasteiger partial charge is 0.504 e. The first-order valence-corrected chi connectivity index (χ1v) is 11.1. The molecule has 0 fully saturated rings. The van der Waals surface area contributed by atoms with Gasteiger partial charge in [0.2, 0.25) is 0 Å². The van der Waals surface area contributed by atoms with Crippen molar-refractivity contribution in [2.75, 3.05) is 7.11 Å². The average molecular weight is 425 g/mol. The number of aryl methyl sites for hydroxylation is 1. The number of benzene rings is 1. The number of methoxy groups -OCH3 is 1. The van der Waals surface area contributed by atoms with Crippen LogP contribution in [-0.2, 0) is 19.3 Å². The van der Waals surface area contributed by atoms with Crippen molar-refractivity contribution in [3.05, 3.63) is 51.1 Å². The van der Waals surface area contributed by atoms with Crippen molar-refractivity contribution in [2.24, 2.45) is 11.3 Å². The standard InChI is InChI=1S/C24H28N2O3S/c1-6-7-13-10-14(11-17(29-5)20(13)27)21-25-22(28)19-16-9-8-15(24(2,3)4)12-18(16)30-23(19)26-21/h6,10-11,15,27H,1,7-9,12H2,2-5H3,(H,25,26,28). The van der Waals surface area contributed by atoms with Crippen molar-refractivity contribution in [3.63, 3.8) is 0 Å². The Kier molecular flexibility index (Phi) is 5.22. The summed E-state index contributed by atoms with van der Waals surface area (Å²) < 4.78 is 5.32. The Morgan fingerprint density at radius 2 is 2.17 bits per heavy atom. The quantitative estimate of drug-likeness (QED) is 0.561. The molecule has 0 aliphatic heterocycles. The van der Waals surface area contributed by atoms with E-state index < -0.39 is 0 Å². The molecule has 0 spiro atoms. The van der Waals surface area contributed by atoms with Gasteiger partial charge in [0.05, 0.1) is 12.5 Å². The van der Waals surface area contributed by atoms with Crippen molar-refractivity contribution >= 4 is 21.6 Å². The number of aromatic nitrogens is 2. The molecule has 0 bridgehead atoms. The number of fused-ring (bicyclic) bond motifs is 3. The highest BCUT2D eigenvalue weighted by atomic mass is 32.1. The molecule has 30 heavy (non-hydrogen) atoms. The van der Waals surface area contributed by atoms with Gasteiger partial charge in [0.1, 0.15) is 10.7 Å². The van der Waals surface area contributed by atoms with Crippen LogP contribution in [0.3, 0.4) is 0 Å². The highest BCUT2D eigenvalue weighted by Crippen LogP contribution is 2.42. The van der Waals surface area contributed by atoms with Gasteiger partial charge in [-0.05, 0) is 54.7 Å². The number of thiophene rings is 1. The van der Waals surface area contributed by atoms with E-state index in [0.717, 1.165) is 29.5 Å². The summed E-state index contributed by atoms with van der Waals surface area (Å²) in [6.45, 7) is 10.6. The maximum absolute atomic E-state index is 13.0. The van der Waals surface area contributed by atoms with Crippen molar-refractivity contribution in [1.82, 2.24) is 9.97 Å². The van der Waals surface area contributed by atoms with Crippen LogP contribution in [0.2, 0.25) is 0 Å². The first-order chi connectivity index (χ1) is 14.2. The normalized spacial score (nSPS) is 16.5. The summed E-state index contributed by atoms with van der Waals surface area (Å²) in [5, 5.41) is 11.1. The summed E-state index contributed by atoms with van der Waals surface area (Å²) in [6, 6.07) is 3.53. The van der Waals surface area contributed by atoms with E-state index in [2.05, 4.69) is 32.3 Å². The number of aromatic amines is 1. The third kappa shape index (κ3) is 3.54. The molecule has 6 heteroatoms. The van der Waals surface area contributed by atoms with Crippen molar-refractivity contribution in [2.45, 2.75) is 46.5 Å². The lowest BCUT2D eigenvalue weighted by atomic mass is 9.72. The Balaban J connectivity index is 1.83. The first kappa shape index (κ1) is 20.7. The molecule has 4 rings (SSSR count). The van der Waals surface area contributed by atoms with E-state index in [9.17, 15) is 9.90 Å². The lowest BCUT2D eigenvalue weighted by molar-refractivity contribution is 0.218. The molecule has 1 aliphatic carbocycles. The second-order valence-electron chi connectivity index (χ2n) is 9.08. The summed E-state index contributed by atoms with van der Waals surface area (Å²) in [5.74, 6) is 1.54. The van der Waals surface area contributed by atoms with Gasteiger partial charge in [0, 0.05) is 16.0 Å². The summed E-state index contributed by atoms with van der Waals surface area (Å²) >= 11 is 1.64. The van der Waals surface area contributed by atoms with Crippen LogP contribution in [0.25, 0.3) is 21.6 Å². The number of nitrogens with one attached hydrogen (secondary N) is 1. The SMILES string of the molecule is C=CCc1cc(-c2nc3sc4c(c3c(=O)[nH]2)CCC(C(C)(C)C)C4)cc(OC)c1O. The number of phenolic OH excluding ortho intramolecular Hbond substituents is 1. The third-order valence-corrected chi connectivity index (χ3v) is 7.30. The van der Waals surface area contributed by atoms with Crippen LogP contribution in [0.5, 0.6) is 11.5 Å². The molecule has 0 saturated heterocycles. The van der Waals surface area contributed by atoms with Gasteiger partial charge in [0.25, 0.3) is 5.56 Å². The van der Waals surface area contributed by atoms with E-state index >= 15 is 0 Å². The minimum absolute atomic E-state index is 0.0874. The minimum Gasteiger partial charge on any atom is -0.504 e. The first-order valence-electron chi connectivity index (χ1n) is 10.3. The summed E-state index contributed by atoms with van der Waals surface area (Å²) in [5.41, 5.74) is 2.72. The highest BCUT2D eigenvalue weighted by Gasteiger charge is 2.31. The van der Waals surface area contributed by atoms with Crippen molar-refractivity contribution in [3.8, 4) is 22.9 Å². The maximum atomic E-state index is 13.0. The number of hydrogen-bond acceptors (Lipinski definition) is 5. The molecule has 3 aromatic rings. The van der Waals surface area contributed by atoms with E-state index in [4.69, 9.17) is 9.72 Å². The van der Waals surface area contributed by atoms with Crippen LogP contribution in [0.15, 0.2) is 29.6 Å². The summed E-state index contributed by atoms with van der Waals surface area (Å²) in [4.78, 5) is 22.9. The van der Waals surface area contributed by atoms with Crippen molar-refractivity contribution < 1.29 is 9.84 Å². The lowest BCUT2D eigenvalue weighted by Gasteiger charge is -2.33.